The third-order valence-electron chi connectivity index (χ3n) is 3.87. The molecule has 0 fully saturated rings. The summed E-state index contributed by atoms with van der Waals surface area (Å²) in [6, 6.07) is 13.3. The third kappa shape index (κ3) is 5.64. The molecule has 0 saturated heterocycles. The molecule has 0 aliphatic heterocycles. The highest BCUT2D eigenvalue weighted by Crippen LogP contribution is 2.19. The summed E-state index contributed by atoms with van der Waals surface area (Å²) in [5, 5.41) is 2.82. The van der Waals surface area contributed by atoms with E-state index in [1.807, 2.05) is 56.3 Å². The van der Waals surface area contributed by atoms with Crippen molar-refractivity contribution in [3.8, 4) is 5.75 Å². The van der Waals surface area contributed by atoms with Crippen LogP contribution in [0.2, 0.25) is 0 Å². The second-order valence-electron chi connectivity index (χ2n) is 6.18. The number of carbonyl (C=O) groups is 2. The van der Waals surface area contributed by atoms with Crippen LogP contribution in [0.1, 0.15) is 23.6 Å². The molecule has 0 aliphatic rings. The minimum Gasteiger partial charge on any atom is -0.483 e. The maximum atomic E-state index is 12.1. The fraction of sp³-hybridized carbons (Fsp3) is 0.300. The molecule has 0 heterocycles. The van der Waals surface area contributed by atoms with Gasteiger partial charge in [-0.1, -0.05) is 24.3 Å². The van der Waals surface area contributed by atoms with Gasteiger partial charge in [-0.25, -0.2) is 0 Å². The quantitative estimate of drug-likeness (QED) is 0.878. The summed E-state index contributed by atoms with van der Waals surface area (Å²) in [6.07, 6.45) is 0. The van der Waals surface area contributed by atoms with Gasteiger partial charge in [0.2, 0.25) is 5.91 Å². The molecular formula is C20H24N2O3. The maximum Gasteiger partial charge on any atom is 0.262 e. The van der Waals surface area contributed by atoms with Crippen molar-refractivity contribution >= 4 is 17.5 Å². The number of aryl methyl sites for hydroxylation is 2. The summed E-state index contributed by atoms with van der Waals surface area (Å²) in [6.45, 7) is 5.90. The van der Waals surface area contributed by atoms with Crippen LogP contribution in [0.25, 0.3) is 0 Å². The topological polar surface area (TPSA) is 58.6 Å². The Hall–Kier alpha value is -2.82. The summed E-state index contributed by atoms with van der Waals surface area (Å²) in [5.41, 5.74) is 3.71. The lowest BCUT2D eigenvalue weighted by Crippen LogP contribution is -2.23. The molecule has 0 bridgehead atoms. The highest BCUT2D eigenvalue weighted by atomic mass is 16.5. The van der Waals surface area contributed by atoms with Gasteiger partial charge in [0.25, 0.3) is 5.91 Å². The van der Waals surface area contributed by atoms with Crippen LogP contribution in [0.3, 0.4) is 0 Å². The molecule has 0 atom stereocenters. The van der Waals surface area contributed by atoms with Crippen molar-refractivity contribution in [1.82, 2.24) is 4.90 Å². The Kier molecular flexibility index (Phi) is 6.17. The molecule has 0 aromatic heterocycles. The first-order chi connectivity index (χ1) is 11.8. The summed E-state index contributed by atoms with van der Waals surface area (Å²) >= 11 is 0. The lowest BCUT2D eigenvalue weighted by Gasteiger charge is -2.15. The third-order valence-corrected chi connectivity index (χ3v) is 3.87. The predicted molar refractivity (Wildman–Crippen MR) is 98.6 cm³/mol. The molecule has 2 rings (SSSR count). The van der Waals surface area contributed by atoms with Crippen LogP contribution in [0.5, 0.6) is 5.75 Å². The van der Waals surface area contributed by atoms with Gasteiger partial charge < -0.3 is 15.0 Å². The molecular weight excluding hydrogens is 316 g/mol. The smallest absolute Gasteiger partial charge is 0.262 e. The van der Waals surface area contributed by atoms with Gasteiger partial charge in [0.1, 0.15) is 5.75 Å². The summed E-state index contributed by atoms with van der Waals surface area (Å²) in [5.74, 6) is 0.487. The lowest BCUT2D eigenvalue weighted by atomic mass is 10.1. The van der Waals surface area contributed by atoms with Crippen LogP contribution in [-0.2, 0) is 16.1 Å². The number of amides is 2. The molecule has 132 valence electrons. The number of nitrogens with one attached hydrogen (secondary N) is 1. The van der Waals surface area contributed by atoms with E-state index in [9.17, 15) is 9.59 Å². The summed E-state index contributed by atoms with van der Waals surface area (Å²) in [7, 11) is 1.74. The van der Waals surface area contributed by atoms with E-state index in [2.05, 4.69) is 5.32 Å². The number of rotatable bonds is 6. The van der Waals surface area contributed by atoms with Crippen LogP contribution in [-0.4, -0.2) is 30.4 Å². The average Bonchev–Trinajstić information content (AvgIpc) is 2.56. The lowest BCUT2D eigenvalue weighted by molar-refractivity contribution is -0.128. The molecule has 25 heavy (non-hydrogen) atoms. The zero-order valence-electron chi connectivity index (χ0n) is 15.1. The van der Waals surface area contributed by atoms with E-state index in [0.29, 0.717) is 18.0 Å². The van der Waals surface area contributed by atoms with E-state index in [4.69, 9.17) is 4.74 Å². The zero-order chi connectivity index (χ0) is 18.4. The van der Waals surface area contributed by atoms with E-state index in [0.717, 1.165) is 16.7 Å². The van der Waals surface area contributed by atoms with Crippen molar-refractivity contribution < 1.29 is 14.3 Å². The molecule has 0 radical (unpaired) electrons. The standard InChI is InChI=1S/C20H24N2O3/c1-14-8-9-15(2)19(10-14)25-13-20(24)21-18-7-5-6-17(11-18)12-22(4)16(3)23/h5-11H,12-13H2,1-4H3,(H,21,24). The Morgan fingerprint density at radius 1 is 1.12 bits per heavy atom. The van der Waals surface area contributed by atoms with Gasteiger partial charge in [-0.3, -0.25) is 9.59 Å². The monoisotopic (exact) mass is 340 g/mol. The van der Waals surface area contributed by atoms with Crippen molar-refractivity contribution in [2.45, 2.75) is 27.3 Å². The molecule has 0 aliphatic carbocycles. The minimum absolute atomic E-state index is 0.00337. The molecule has 0 spiro atoms. The van der Waals surface area contributed by atoms with E-state index in [-0.39, 0.29) is 18.4 Å². The number of carbonyl (C=O) groups excluding carboxylic acids is 2. The number of anilines is 1. The molecule has 2 amide bonds. The number of nitrogens with zero attached hydrogens (tertiary/aromatic N) is 1. The largest absolute Gasteiger partial charge is 0.483 e. The summed E-state index contributed by atoms with van der Waals surface area (Å²) in [4.78, 5) is 25.1. The van der Waals surface area contributed by atoms with Crippen molar-refractivity contribution in [1.29, 1.82) is 0 Å². The minimum atomic E-state index is -0.224. The SMILES string of the molecule is CC(=O)N(C)Cc1cccc(NC(=O)COc2cc(C)ccc2C)c1. The Morgan fingerprint density at radius 2 is 1.88 bits per heavy atom. The van der Waals surface area contributed by atoms with Crippen molar-refractivity contribution in [2.75, 3.05) is 19.0 Å². The van der Waals surface area contributed by atoms with Crippen molar-refractivity contribution in [2.24, 2.45) is 0 Å². The van der Waals surface area contributed by atoms with E-state index in [1.165, 1.54) is 6.92 Å². The van der Waals surface area contributed by atoms with Gasteiger partial charge in [0.15, 0.2) is 6.61 Å². The first kappa shape index (κ1) is 18.5. The second-order valence-corrected chi connectivity index (χ2v) is 6.18. The zero-order valence-corrected chi connectivity index (χ0v) is 15.1. The van der Waals surface area contributed by atoms with Gasteiger partial charge in [-0.05, 0) is 48.7 Å². The van der Waals surface area contributed by atoms with Crippen LogP contribution >= 0.6 is 0 Å². The van der Waals surface area contributed by atoms with E-state index >= 15 is 0 Å². The normalized spacial score (nSPS) is 10.2. The first-order valence-electron chi connectivity index (χ1n) is 8.15. The molecule has 5 heteroatoms. The fourth-order valence-electron chi connectivity index (χ4n) is 2.34. The Bertz CT molecular complexity index is 771. The highest BCUT2D eigenvalue weighted by molar-refractivity contribution is 5.92. The van der Waals surface area contributed by atoms with Gasteiger partial charge in [-0.2, -0.15) is 0 Å². The Balaban J connectivity index is 1.94. The van der Waals surface area contributed by atoms with Gasteiger partial charge in [-0.15, -0.1) is 0 Å². The summed E-state index contributed by atoms with van der Waals surface area (Å²) < 4.78 is 5.61. The molecule has 5 nitrogen and oxygen atoms in total. The van der Waals surface area contributed by atoms with Crippen LogP contribution in [0.4, 0.5) is 5.69 Å². The molecule has 0 saturated carbocycles. The number of ether oxygens (including phenoxy) is 1. The van der Waals surface area contributed by atoms with Crippen LogP contribution < -0.4 is 10.1 Å². The predicted octanol–water partition coefficient (Wildman–Crippen LogP) is 3.30. The Labute approximate surface area is 148 Å². The molecule has 2 aromatic rings. The average molecular weight is 340 g/mol. The van der Waals surface area contributed by atoms with Crippen molar-refractivity contribution in [3.63, 3.8) is 0 Å². The van der Waals surface area contributed by atoms with E-state index < -0.39 is 0 Å². The van der Waals surface area contributed by atoms with Crippen LogP contribution in [0.15, 0.2) is 42.5 Å². The van der Waals surface area contributed by atoms with Crippen LogP contribution in [0, 0.1) is 13.8 Å². The van der Waals surface area contributed by atoms with Gasteiger partial charge in [0, 0.05) is 26.2 Å². The molecule has 1 N–H and O–H groups in total. The second kappa shape index (κ2) is 8.33. The molecule has 2 aromatic carbocycles. The van der Waals surface area contributed by atoms with E-state index in [1.54, 1.807) is 11.9 Å². The maximum absolute atomic E-state index is 12.1. The number of hydrogen-bond donors (Lipinski definition) is 1. The van der Waals surface area contributed by atoms with Crippen molar-refractivity contribution in [3.05, 3.63) is 59.2 Å². The number of benzene rings is 2. The van der Waals surface area contributed by atoms with Gasteiger partial charge in [0.05, 0.1) is 0 Å². The Morgan fingerprint density at radius 3 is 2.60 bits per heavy atom. The van der Waals surface area contributed by atoms with Gasteiger partial charge >= 0.3 is 0 Å². The molecule has 0 unspecified atom stereocenters. The number of hydrogen-bond acceptors (Lipinski definition) is 3. The highest BCUT2D eigenvalue weighted by Gasteiger charge is 2.08. The first-order valence-corrected chi connectivity index (χ1v) is 8.15. The fourth-order valence-corrected chi connectivity index (χ4v) is 2.34.